The summed E-state index contributed by atoms with van der Waals surface area (Å²) in [7, 11) is 0. The van der Waals surface area contributed by atoms with Gasteiger partial charge in [0.1, 0.15) is 5.82 Å². The number of hydrogen-bond acceptors (Lipinski definition) is 1. The second-order valence-electron chi connectivity index (χ2n) is 4.42. The summed E-state index contributed by atoms with van der Waals surface area (Å²) in [5, 5.41) is 1.32. The van der Waals surface area contributed by atoms with Crippen molar-refractivity contribution >= 4 is 22.5 Å². The highest BCUT2D eigenvalue weighted by molar-refractivity contribution is 6.35. The van der Waals surface area contributed by atoms with Gasteiger partial charge in [0.15, 0.2) is 0 Å². The summed E-state index contributed by atoms with van der Waals surface area (Å²) in [5.41, 5.74) is 2.72. The molecule has 0 amide bonds. The molecule has 1 saturated carbocycles. The number of fused-ring (bicyclic) bond motifs is 1. The summed E-state index contributed by atoms with van der Waals surface area (Å²) >= 11 is 6.17. The van der Waals surface area contributed by atoms with Gasteiger partial charge in [0, 0.05) is 17.0 Å². The van der Waals surface area contributed by atoms with Crippen molar-refractivity contribution in [3.05, 3.63) is 40.3 Å². The van der Waals surface area contributed by atoms with Crippen LogP contribution in [0.25, 0.3) is 10.9 Å². The number of benzene rings is 1. The molecule has 2 aromatic rings. The molecule has 0 saturated heterocycles. The number of pyridine rings is 1. The first-order valence-electron chi connectivity index (χ1n) is 5.41. The zero-order valence-electron chi connectivity index (χ0n) is 8.93. The first-order valence-corrected chi connectivity index (χ1v) is 5.79. The van der Waals surface area contributed by atoms with Crippen LogP contribution < -0.4 is 0 Å². The predicted molar refractivity (Wildman–Crippen MR) is 63.4 cm³/mol. The Morgan fingerprint density at radius 1 is 1.31 bits per heavy atom. The van der Waals surface area contributed by atoms with E-state index in [0.717, 1.165) is 16.8 Å². The van der Waals surface area contributed by atoms with Gasteiger partial charge < -0.3 is 0 Å². The fourth-order valence-corrected chi connectivity index (χ4v) is 2.28. The summed E-state index contributed by atoms with van der Waals surface area (Å²) in [6.45, 7) is 1.87. The number of halogens is 2. The second-order valence-corrected chi connectivity index (χ2v) is 4.83. The predicted octanol–water partition coefficient (Wildman–Crippen LogP) is 4.21. The van der Waals surface area contributed by atoms with Crippen molar-refractivity contribution in [1.29, 1.82) is 0 Å². The zero-order chi connectivity index (χ0) is 11.3. The van der Waals surface area contributed by atoms with Gasteiger partial charge in [0.25, 0.3) is 0 Å². The lowest BCUT2D eigenvalue weighted by atomic mass is 10.1. The molecular formula is C13H11ClFN. The molecule has 82 valence electrons. The molecule has 3 heteroatoms. The van der Waals surface area contributed by atoms with E-state index in [1.807, 2.05) is 13.0 Å². The maximum Gasteiger partial charge on any atom is 0.124 e. The van der Waals surface area contributed by atoms with Crippen molar-refractivity contribution in [2.24, 2.45) is 0 Å². The van der Waals surface area contributed by atoms with Gasteiger partial charge in [-0.15, -0.1) is 0 Å². The lowest BCUT2D eigenvalue weighted by Crippen LogP contribution is -1.92. The first-order chi connectivity index (χ1) is 7.65. The average Bonchev–Trinajstić information content (AvgIpc) is 3.02. The maximum atomic E-state index is 13.3. The summed E-state index contributed by atoms with van der Waals surface area (Å²) in [6.07, 6.45) is 2.38. The Kier molecular flexibility index (Phi) is 2.15. The minimum atomic E-state index is -0.257. The highest BCUT2D eigenvalue weighted by atomic mass is 35.5. The topological polar surface area (TPSA) is 12.9 Å². The fraction of sp³-hybridized carbons (Fsp3) is 0.308. The molecule has 1 heterocycles. The first kappa shape index (κ1) is 10.0. The molecule has 0 N–H and O–H groups in total. The van der Waals surface area contributed by atoms with E-state index in [1.165, 1.54) is 25.0 Å². The summed E-state index contributed by atoms with van der Waals surface area (Å²) < 4.78 is 13.3. The molecule has 0 unspecified atom stereocenters. The molecule has 0 spiro atoms. The Morgan fingerprint density at radius 2 is 2.06 bits per heavy atom. The van der Waals surface area contributed by atoms with E-state index in [2.05, 4.69) is 4.98 Å². The third kappa shape index (κ3) is 1.57. The van der Waals surface area contributed by atoms with E-state index in [1.54, 1.807) is 0 Å². The van der Waals surface area contributed by atoms with Crippen molar-refractivity contribution in [1.82, 2.24) is 4.98 Å². The van der Waals surface area contributed by atoms with Crippen LogP contribution in [0.5, 0.6) is 0 Å². The molecule has 3 rings (SSSR count). The van der Waals surface area contributed by atoms with Crippen molar-refractivity contribution in [2.75, 3.05) is 0 Å². The van der Waals surface area contributed by atoms with Crippen LogP contribution >= 0.6 is 11.6 Å². The third-order valence-electron chi connectivity index (χ3n) is 3.03. The number of aromatic nitrogens is 1. The minimum absolute atomic E-state index is 0.257. The Morgan fingerprint density at radius 3 is 2.75 bits per heavy atom. The number of hydrogen-bond donors (Lipinski definition) is 0. The Hall–Kier alpha value is -1.15. The van der Waals surface area contributed by atoms with Gasteiger partial charge in [-0.25, -0.2) is 4.39 Å². The molecule has 0 bridgehead atoms. The van der Waals surface area contributed by atoms with Gasteiger partial charge in [-0.3, -0.25) is 4.98 Å². The standard InChI is InChI=1S/C13H11ClFN/c1-7-4-9(15)5-10-11(14)6-12(8-2-3-8)16-13(7)10/h4-6,8H,2-3H2,1H3. The summed E-state index contributed by atoms with van der Waals surface area (Å²) in [5.74, 6) is 0.305. The summed E-state index contributed by atoms with van der Waals surface area (Å²) in [6, 6.07) is 4.83. The molecule has 1 fully saturated rings. The molecular weight excluding hydrogens is 225 g/mol. The van der Waals surface area contributed by atoms with Crippen molar-refractivity contribution in [3.8, 4) is 0 Å². The van der Waals surface area contributed by atoms with Gasteiger partial charge in [0.2, 0.25) is 0 Å². The molecule has 0 aliphatic heterocycles. The van der Waals surface area contributed by atoms with E-state index in [9.17, 15) is 4.39 Å². The SMILES string of the molecule is Cc1cc(F)cc2c(Cl)cc(C3CC3)nc12. The smallest absolute Gasteiger partial charge is 0.124 e. The van der Waals surface area contributed by atoms with Crippen LogP contribution in [-0.4, -0.2) is 4.98 Å². The van der Waals surface area contributed by atoms with E-state index >= 15 is 0 Å². The van der Waals surface area contributed by atoms with E-state index in [-0.39, 0.29) is 5.82 Å². The normalized spacial score (nSPS) is 15.7. The molecule has 1 aromatic carbocycles. The Labute approximate surface area is 98.3 Å². The van der Waals surface area contributed by atoms with Crippen LogP contribution in [0.3, 0.4) is 0 Å². The maximum absolute atomic E-state index is 13.3. The molecule has 1 aliphatic rings. The molecule has 16 heavy (non-hydrogen) atoms. The Balaban J connectivity index is 2.32. The largest absolute Gasteiger partial charge is 0.252 e. The second kappa shape index (κ2) is 3.42. The Bertz CT molecular complexity index is 576. The lowest BCUT2D eigenvalue weighted by Gasteiger charge is -2.07. The monoisotopic (exact) mass is 235 g/mol. The molecule has 1 aromatic heterocycles. The molecule has 0 radical (unpaired) electrons. The highest BCUT2D eigenvalue weighted by Crippen LogP contribution is 2.41. The molecule has 1 aliphatic carbocycles. The van der Waals surface area contributed by atoms with Crippen LogP contribution in [0, 0.1) is 12.7 Å². The van der Waals surface area contributed by atoms with Gasteiger partial charge in [-0.05, 0) is 43.5 Å². The zero-order valence-corrected chi connectivity index (χ0v) is 9.68. The third-order valence-corrected chi connectivity index (χ3v) is 3.35. The van der Waals surface area contributed by atoms with Crippen LogP contribution in [0.15, 0.2) is 18.2 Å². The quantitative estimate of drug-likeness (QED) is 0.722. The van der Waals surface area contributed by atoms with Gasteiger partial charge >= 0.3 is 0 Å². The minimum Gasteiger partial charge on any atom is -0.252 e. The fourth-order valence-electron chi connectivity index (χ4n) is 2.02. The van der Waals surface area contributed by atoms with Crippen molar-refractivity contribution < 1.29 is 4.39 Å². The number of aryl methyl sites for hydroxylation is 1. The van der Waals surface area contributed by atoms with Gasteiger partial charge in [0.05, 0.1) is 10.5 Å². The number of nitrogens with zero attached hydrogens (tertiary/aromatic N) is 1. The summed E-state index contributed by atoms with van der Waals surface area (Å²) in [4.78, 5) is 4.59. The molecule has 1 nitrogen and oxygen atoms in total. The van der Waals surface area contributed by atoms with Crippen LogP contribution in [0.4, 0.5) is 4.39 Å². The van der Waals surface area contributed by atoms with Crippen LogP contribution in [0.2, 0.25) is 5.02 Å². The van der Waals surface area contributed by atoms with Crippen LogP contribution in [-0.2, 0) is 0 Å². The van der Waals surface area contributed by atoms with Crippen molar-refractivity contribution in [3.63, 3.8) is 0 Å². The van der Waals surface area contributed by atoms with E-state index in [0.29, 0.717) is 16.3 Å². The lowest BCUT2D eigenvalue weighted by molar-refractivity contribution is 0.628. The van der Waals surface area contributed by atoms with E-state index in [4.69, 9.17) is 11.6 Å². The van der Waals surface area contributed by atoms with Gasteiger partial charge in [-0.1, -0.05) is 11.6 Å². The average molecular weight is 236 g/mol. The van der Waals surface area contributed by atoms with E-state index < -0.39 is 0 Å². The highest BCUT2D eigenvalue weighted by Gasteiger charge is 2.26. The van der Waals surface area contributed by atoms with Crippen molar-refractivity contribution in [2.45, 2.75) is 25.7 Å². The number of rotatable bonds is 1. The van der Waals surface area contributed by atoms with Gasteiger partial charge in [-0.2, -0.15) is 0 Å². The van der Waals surface area contributed by atoms with Crippen LogP contribution in [0.1, 0.15) is 30.0 Å². The molecule has 0 atom stereocenters.